The lowest BCUT2D eigenvalue weighted by Gasteiger charge is -2.08. The average molecular weight is 257 g/mol. The summed E-state index contributed by atoms with van der Waals surface area (Å²) < 4.78 is 39.5. The molecular weight excluding hydrogens is 243 g/mol. The first kappa shape index (κ1) is 13.0. The third-order valence-corrected chi connectivity index (χ3v) is 2.98. The first-order valence-electron chi connectivity index (χ1n) is 5.62. The highest BCUT2D eigenvalue weighted by atomic mass is 19.4. The Labute approximate surface area is 103 Å². The van der Waals surface area contributed by atoms with Gasteiger partial charge in [-0.15, -0.1) is 0 Å². The molecule has 0 radical (unpaired) electrons. The molecule has 1 unspecified atom stereocenters. The molecule has 0 saturated heterocycles. The van der Waals surface area contributed by atoms with Gasteiger partial charge in [-0.2, -0.15) is 13.2 Å². The third-order valence-electron chi connectivity index (χ3n) is 2.98. The molecule has 1 aromatic heterocycles. The van der Waals surface area contributed by atoms with Crippen LogP contribution in [0.4, 0.5) is 13.2 Å². The molecule has 0 fully saturated rings. The number of fused-ring (bicyclic) bond motifs is 1. The zero-order valence-electron chi connectivity index (χ0n) is 10.1. The van der Waals surface area contributed by atoms with E-state index in [1.54, 1.807) is 18.5 Å². The molecule has 1 atom stereocenters. The Morgan fingerprint density at radius 1 is 1.28 bits per heavy atom. The number of benzene rings is 1. The molecule has 0 aliphatic rings. The van der Waals surface area contributed by atoms with E-state index in [1.165, 1.54) is 6.07 Å². The van der Waals surface area contributed by atoms with E-state index in [4.69, 9.17) is 0 Å². The van der Waals surface area contributed by atoms with Gasteiger partial charge >= 0.3 is 6.18 Å². The highest BCUT2D eigenvalue weighted by Gasteiger charge is 2.30. The summed E-state index contributed by atoms with van der Waals surface area (Å²) in [5.41, 5.74) is 0.694. The van der Waals surface area contributed by atoms with E-state index in [1.807, 2.05) is 6.07 Å². The Morgan fingerprint density at radius 3 is 2.50 bits per heavy atom. The van der Waals surface area contributed by atoms with E-state index < -0.39 is 17.8 Å². The number of aryl methyl sites for hydroxylation is 1. The maximum absolute atomic E-state index is 12.6. The molecule has 98 valence electrons. The summed E-state index contributed by atoms with van der Waals surface area (Å²) >= 11 is 0. The monoisotopic (exact) mass is 257 g/mol. The van der Waals surface area contributed by atoms with Crippen LogP contribution in [0, 0.1) is 0 Å². The van der Waals surface area contributed by atoms with Crippen molar-refractivity contribution in [3.8, 4) is 0 Å². The van der Waals surface area contributed by atoms with Crippen LogP contribution in [-0.4, -0.2) is 15.8 Å². The maximum atomic E-state index is 12.6. The van der Waals surface area contributed by atoms with Gasteiger partial charge in [0, 0.05) is 24.7 Å². The van der Waals surface area contributed by atoms with Crippen LogP contribution in [0.15, 0.2) is 24.3 Å². The Bertz CT molecular complexity index is 569. The maximum Gasteiger partial charge on any atom is 0.416 e. The second-order valence-electron chi connectivity index (χ2n) is 4.52. The minimum absolute atomic E-state index is 0.423. The molecule has 0 spiro atoms. The fourth-order valence-electron chi connectivity index (χ4n) is 2.06. The second-order valence-corrected chi connectivity index (χ2v) is 4.52. The summed E-state index contributed by atoms with van der Waals surface area (Å²) in [6.07, 6.45) is -4.43. The van der Waals surface area contributed by atoms with Crippen molar-refractivity contribution in [1.29, 1.82) is 0 Å². The van der Waals surface area contributed by atoms with E-state index in [0.717, 1.165) is 23.2 Å². The summed E-state index contributed by atoms with van der Waals surface area (Å²) in [5, 5.41) is 10.1. The van der Waals surface area contributed by atoms with E-state index in [0.29, 0.717) is 11.9 Å². The Hall–Kier alpha value is -1.49. The van der Waals surface area contributed by atoms with Gasteiger partial charge in [-0.25, -0.2) is 0 Å². The van der Waals surface area contributed by atoms with Gasteiger partial charge in [0.2, 0.25) is 0 Å². The highest BCUT2D eigenvalue weighted by Crippen LogP contribution is 2.32. The predicted molar refractivity (Wildman–Crippen MR) is 63.3 cm³/mol. The molecule has 18 heavy (non-hydrogen) atoms. The first-order chi connectivity index (χ1) is 8.29. The summed E-state index contributed by atoms with van der Waals surface area (Å²) in [7, 11) is 1.71. The molecule has 0 aliphatic heterocycles. The largest absolute Gasteiger partial charge is 0.416 e. The number of aromatic nitrogens is 1. The third kappa shape index (κ3) is 2.36. The Balaban J connectivity index is 2.53. The van der Waals surface area contributed by atoms with E-state index in [2.05, 4.69) is 0 Å². The van der Waals surface area contributed by atoms with Gasteiger partial charge in [-0.05, 0) is 30.5 Å². The number of alkyl halides is 3. The lowest BCUT2D eigenvalue weighted by atomic mass is 10.1. The molecular formula is C13H14F3NO. The van der Waals surface area contributed by atoms with Crippen molar-refractivity contribution in [1.82, 2.24) is 4.57 Å². The van der Waals surface area contributed by atoms with Crippen molar-refractivity contribution in [2.24, 2.45) is 7.05 Å². The van der Waals surface area contributed by atoms with Gasteiger partial charge in [0.1, 0.15) is 0 Å². The van der Waals surface area contributed by atoms with E-state index in [-0.39, 0.29) is 0 Å². The SMILES string of the molecule is CC(O)Cc1cc2ccc(C(F)(F)F)cc2n1C. The summed E-state index contributed by atoms with van der Waals surface area (Å²) in [6, 6.07) is 5.49. The quantitative estimate of drug-likeness (QED) is 0.878. The van der Waals surface area contributed by atoms with Crippen LogP contribution in [0.3, 0.4) is 0 Å². The standard InChI is InChI=1S/C13H14F3NO/c1-8(18)5-11-6-9-3-4-10(13(14,15)16)7-12(9)17(11)2/h3-4,6-8,18H,5H2,1-2H3. The van der Waals surface area contributed by atoms with Crippen molar-refractivity contribution in [3.05, 3.63) is 35.5 Å². The molecule has 2 rings (SSSR count). The van der Waals surface area contributed by atoms with Gasteiger partial charge in [0.05, 0.1) is 11.7 Å². The Kier molecular flexibility index (Phi) is 3.11. The average Bonchev–Trinajstić information content (AvgIpc) is 2.53. The summed E-state index contributed by atoms with van der Waals surface area (Å²) in [4.78, 5) is 0. The van der Waals surface area contributed by atoms with Crippen LogP contribution in [0.25, 0.3) is 10.9 Å². The number of nitrogens with zero attached hydrogens (tertiary/aromatic N) is 1. The topological polar surface area (TPSA) is 25.2 Å². The molecule has 5 heteroatoms. The molecule has 0 saturated carbocycles. The van der Waals surface area contributed by atoms with Gasteiger partial charge < -0.3 is 9.67 Å². The van der Waals surface area contributed by atoms with Crippen LogP contribution in [0.2, 0.25) is 0 Å². The number of hydrogen-bond donors (Lipinski definition) is 1. The smallest absolute Gasteiger partial charge is 0.393 e. The fourth-order valence-corrected chi connectivity index (χ4v) is 2.06. The first-order valence-corrected chi connectivity index (χ1v) is 5.62. The zero-order chi connectivity index (χ0) is 13.5. The van der Waals surface area contributed by atoms with Crippen molar-refractivity contribution in [2.75, 3.05) is 0 Å². The van der Waals surface area contributed by atoms with Crippen LogP contribution in [0.5, 0.6) is 0 Å². The van der Waals surface area contributed by atoms with E-state index in [9.17, 15) is 18.3 Å². The van der Waals surface area contributed by atoms with Crippen LogP contribution in [-0.2, 0) is 19.6 Å². The lowest BCUT2D eigenvalue weighted by Crippen LogP contribution is -2.08. The minimum atomic E-state index is -4.33. The number of rotatable bonds is 2. The number of halogens is 3. The summed E-state index contributed by atoms with van der Waals surface area (Å²) in [6.45, 7) is 1.65. The molecule has 0 aliphatic carbocycles. The van der Waals surface area contributed by atoms with Crippen LogP contribution >= 0.6 is 0 Å². The normalized spacial score (nSPS) is 14.1. The molecule has 0 amide bonds. The lowest BCUT2D eigenvalue weighted by molar-refractivity contribution is -0.137. The molecule has 1 aromatic carbocycles. The fraction of sp³-hybridized carbons (Fsp3) is 0.385. The number of hydrogen-bond acceptors (Lipinski definition) is 1. The second kappa shape index (κ2) is 4.31. The van der Waals surface area contributed by atoms with Crippen LogP contribution < -0.4 is 0 Å². The minimum Gasteiger partial charge on any atom is -0.393 e. The van der Waals surface area contributed by atoms with Crippen LogP contribution in [0.1, 0.15) is 18.2 Å². The molecule has 1 heterocycles. The van der Waals surface area contributed by atoms with Gasteiger partial charge in [0.25, 0.3) is 0 Å². The van der Waals surface area contributed by atoms with Crippen molar-refractivity contribution < 1.29 is 18.3 Å². The van der Waals surface area contributed by atoms with E-state index >= 15 is 0 Å². The summed E-state index contributed by atoms with van der Waals surface area (Å²) in [5.74, 6) is 0. The van der Waals surface area contributed by atoms with Crippen molar-refractivity contribution >= 4 is 10.9 Å². The predicted octanol–water partition coefficient (Wildman–Crippen LogP) is 3.12. The molecule has 2 nitrogen and oxygen atoms in total. The van der Waals surface area contributed by atoms with Gasteiger partial charge in [-0.3, -0.25) is 0 Å². The van der Waals surface area contributed by atoms with Crippen molar-refractivity contribution in [2.45, 2.75) is 25.6 Å². The molecule has 1 N–H and O–H groups in total. The molecule has 2 aromatic rings. The van der Waals surface area contributed by atoms with Gasteiger partial charge in [-0.1, -0.05) is 6.07 Å². The van der Waals surface area contributed by atoms with Crippen molar-refractivity contribution in [3.63, 3.8) is 0 Å². The van der Waals surface area contributed by atoms with Gasteiger partial charge in [0.15, 0.2) is 0 Å². The Morgan fingerprint density at radius 2 is 1.94 bits per heavy atom. The number of aliphatic hydroxyl groups excluding tert-OH is 1. The number of aliphatic hydroxyl groups is 1. The highest BCUT2D eigenvalue weighted by molar-refractivity contribution is 5.82. The zero-order valence-corrected chi connectivity index (χ0v) is 10.1. The molecule has 0 bridgehead atoms.